The van der Waals surface area contributed by atoms with Crippen LogP contribution in [0.4, 0.5) is 28.0 Å². The van der Waals surface area contributed by atoms with Gasteiger partial charge in [-0.3, -0.25) is 4.98 Å². The molecule has 56 heavy (non-hydrogen) atoms. The van der Waals surface area contributed by atoms with Crippen LogP contribution in [-0.2, 0) is 21.4 Å². The highest BCUT2D eigenvalue weighted by atomic mass is 19.3. The Bertz CT molecular complexity index is 2110. The van der Waals surface area contributed by atoms with Gasteiger partial charge in [0.2, 0.25) is 5.82 Å². The minimum absolute atomic E-state index is 0.00385. The van der Waals surface area contributed by atoms with E-state index in [1.165, 1.54) is 25.6 Å². The second-order valence-corrected chi connectivity index (χ2v) is 16.9. The number of aliphatic hydroxyl groups is 1. The molecular weight excluding hydrogens is 738 g/mol. The summed E-state index contributed by atoms with van der Waals surface area (Å²) in [5, 5.41) is 13.5. The quantitative estimate of drug-likeness (QED) is 0.134. The van der Waals surface area contributed by atoms with Gasteiger partial charge in [-0.25, -0.2) is 42.1 Å². The number of carbonyl (C=O) groups excluding carboxylic acids is 2. The zero-order chi connectivity index (χ0) is 41.5. The summed E-state index contributed by atoms with van der Waals surface area (Å²) in [5.41, 5.74) is -2.94. The number of fused-ring (bicyclic) bond motifs is 1. The van der Waals surface area contributed by atoms with Crippen molar-refractivity contribution in [2.75, 3.05) is 25.1 Å². The molecule has 304 valence electrons. The van der Waals surface area contributed by atoms with Crippen molar-refractivity contribution in [3.63, 3.8) is 0 Å². The number of halogens is 4. The number of pyridine rings is 1. The molecule has 2 atom stereocenters. The molecule has 1 aromatic carbocycles. The molecular formula is C39H49F4N7O6. The number of methoxy groups -OCH3 is 1. The van der Waals surface area contributed by atoms with Gasteiger partial charge in [-0.2, -0.15) is 0 Å². The Hall–Kier alpha value is -5.06. The molecule has 17 heteroatoms. The second kappa shape index (κ2) is 15.5. The fraction of sp³-hybridized carbons (Fsp3) is 0.538. The number of aromatic nitrogens is 5. The van der Waals surface area contributed by atoms with E-state index in [0.29, 0.717) is 22.6 Å². The van der Waals surface area contributed by atoms with Gasteiger partial charge < -0.3 is 34.1 Å². The third kappa shape index (κ3) is 9.31. The Morgan fingerprint density at radius 1 is 0.946 bits per heavy atom. The van der Waals surface area contributed by atoms with Crippen molar-refractivity contribution in [3.8, 4) is 17.0 Å². The van der Waals surface area contributed by atoms with Gasteiger partial charge in [0.25, 0.3) is 6.43 Å². The topological polar surface area (TPSA) is 154 Å². The van der Waals surface area contributed by atoms with E-state index in [1.807, 2.05) is 20.8 Å². The van der Waals surface area contributed by atoms with E-state index in [4.69, 9.17) is 19.2 Å². The minimum Gasteiger partial charge on any atom is -0.494 e. The third-order valence-electron chi connectivity index (χ3n) is 8.97. The summed E-state index contributed by atoms with van der Waals surface area (Å²) in [7, 11) is 1.21. The maximum atomic E-state index is 15.5. The first kappa shape index (κ1) is 42.1. The van der Waals surface area contributed by atoms with Gasteiger partial charge in [0, 0.05) is 30.1 Å². The number of nitrogens with one attached hydrogen (secondary N) is 1. The van der Waals surface area contributed by atoms with Crippen molar-refractivity contribution in [2.45, 2.75) is 116 Å². The van der Waals surface area contributed by atoms with Crippen LogP contribution in [0, 0.1) is 11.6 Å². The number of esters is 1. The summed E-state index contributed by atoms with van der Waals surface area (Å²) < 4.78 is 76.8. The van der Waals surface area contributed by atoms with E-state index in [0.717, 1.165) is 12.1 Å². The van der Waals surface area contributed by atoms with Gasteiger partial charge >= 0.3 is 12.1 Å². The number of nitrogens with zero attached hydrogens (tertiary/aromatic N) is 6. The SMILES string of the molecule is COc1cc(F)c(-c2cc(Cn3c(C(C)(C)C)nc4cnc(C(=O)OC(C)(C)C)nc43)c(N3CCCC(NC(=O)OC(C)(C)C)(C(O)C(F)F)C3)cn2)cc1F. The highest BCUT2D eigenvalue weighted by Gasteiger charge is 2.48. The molecule has 13 nitrogen and oxygen atoms in total. The summed E-state index contributed by atoms with van der Waals surface area (Å²) in [4.78, 5) is 45.9. The molecule has 5 rings (SSSR count). The van der Waals surface area contributed by atoms with Gasteiger partial charge in [-0.15, -0.1) is 0 Å². The number of hydrogen-bond acceptors (Lipinski definition) is 11. The second-order valence-electron chi connectivity index (χ2n) is 16.9. The lowest BCUT2D eigenvalue weighted by atomic mass is 9.83. The lowest BCUT2D eigenvalue weighted by Crippen LogP contribution is -2.67. The Balaban J connectivity index is 1.70. The maximum Gasteiger partial charge on any atom is 0.408 e. The van der Waals surface area contributed by atoms with Crippen LogP contribution in [0.2, 0.25) is 0 Å². The van der Waals surface area contributed by atoms with Crippen LogP contribution in [0.1, 0.15) is 97.2 Å². The molecule has 1 amide bonds. The highest BCUT2D eigenvalue weighted by Crippen LogP contribution is 2.37. The molecule has 0 radical (unpaired) electrons. The zero-order valence-corrected chi connectivity index (χ0v) is 33.3. The number of carbonyl (C=O) groups is 2. The van der Waals surface area contributed by atoms with Crippen LogP contribution in [0.25, 0.3) is 22.4 Å². The van der Waals surface area contributed by atoms with Crippen molar-refractivity contribution in [3.05, 3.63) is 59.4 Å². The van der Waals surface area contributed by atoms with Crippen LogP contribution in [0.5, 0.6) is 5.75 Å². The number of benzene rings is 1. The van der Waals surface area contributed by atoms with E-state index in [1.54, 1.807) is 51.0 Å². The van der Waals surface area contributed by atoms with Gasteiger partial charge in [0.15, 0.2) is 17.2 Å². The predicted octanol–water partition coefficient (Wildman–Crippen LogP) is 6.97. The Morgan fingerprint density at radius 3 is 2.23 bits per heavy atom. The fourth-order valence-corrected chi connectivity index (χ4v) is 6.62. The number of imidazole rings is 1. The zero-order valence-electron chi connectivity index (χ0n) is 33.3. The number of anilines is 1. The summed E-state index contributed by atoms with van der Waals surface area (Å²) in [5.74, 6) is -2.38. The van der Waals surface area contributed by atoms with Crippen molar-refractivity contribution in [1.82, 2.24) is 29.8 Å². The monoisotopic (exact) mass is 787 g/mol. The average molecular weight is 788 g/mol. The van der Waals surface area contributed by atoms with E-state index < -0.39 is 58.4 Å². The van der Waals surface area contributed by atoms with Crippen molar-refractivity contribution < 1.29 is 46.5 Å². The van der Waals surface area contributed by atoms with Crippen LogP contribution in [0.15, 0.2) is 30.6 Å². The predicted molar refractivity (Wildman–Crippen MR) is 200 cm³/mol. The van der Waals surface area contributed by atoms with E-state index in [9.17, 15) is 27.9 Å². The van der Waals surface area contributed by atoms with Crippen LogP contribution in [-0.4, -0.2) is 91.1 Å². The number of alkyl halides is 2. The molecule has 4 heterocycles. The number of amides is 1. The van der Waals surface area contributed by atoms with Crippen LogP contribution < -0.4 is 15.0 Å². The first-order chi connectivity index (χ1) is 25.9. The first-order valence-corrected chi connectivity index (χ1v) is 18.1. The molecule has 1 aliphatic rings. The standard InChI is InChI=1S/C39H49F4N7O6/c1-36(2,3)34-46-26-17-45-31(33(52)55-37(4,5)6)47-32(26)50(34)19-21-14-25(22-15-24(41)28(54-10)16-23(22)40)44-18-27(21)49-13-11-12-39(20-49,29(51)30(42)43)48-35(53)56-38(7,8)9/h14-18,29-30,51H,11-13,19-20H2,1-10H3,(H,48,53). The smallest absolute Gasteiger partial charge is 0.408 e. The van der Waals surface area contributed by atoms with E-state index in [2.05, 4.69) is 20.3 Å². The minimum atomic E-state index is -3.22. The molecule has 1 aliphatic heterocycles. The highest BCUT2D eigenvalue weighted by molar-refractivity contribution is 5.87. The summed E-state index contributed by atoms with van der Waals surface area (Å²) >= 11 is 0. The number of alkyl carbamates (subject to hydrolysis) is 1. The summed E-state index contributed by atoms with van der Waals surface area (Å²) in [6.45, 7) is 15.7. The molecule has 1 saturated heterocycles. The lowest BCUT2D eigenvalue weighted by Gasteiger charge is -2.46. The Morgan fingerprint density at radius 2 is 1.62 bits per heavy atom. The number of rotatable bonds is 9. The average Bonchev–Trinajstić information content (AvgIpc) is 3.45. The van der Waals surface area contributed by atoms with Gasteiger partial charge in [0.05, 0.1) is 43.0 Å². The largest absolute Gasteiger partial charge is 0.494 e. The number of hydrogen-bond donors (Lipinski definition) is 2. The molecule has 4 aromatic rings. The lowest BCUT2D eigenvalue weighted by molar-refractivity contribution is -0.0664. The molecule has 2 unspecified atom stereocenters. The van der Waals surface area contributed by atoms with Crippen molar-refractivity contribution in [1.29, 1.82) is 0 Å². The fourth-order valence-electron chi connectivity index (χ4n) is 6.62. The Labute approximate surface area is 322 Å². The Kier molecular flexibility index (Phi) is 11.6. The summed E-state index contributed by atoms with van der Waals surface area (Å²) in [6.07, 6.45) is -3.41. The third-order valence-corrected chi connectivity index (χ3v) is 8.97. The van der Waals surface area contributed by atoms with E-state index in [-0.39, 0.29) is 61.0 Å². The molecule has 0 aliphatic carbocycles. The van der Waals surface area contributed by atoms with Gasteiger partial charge in [-0.05, 0) is 72.1 Å². The van der Waals surface area contributed by atoms with Gasteiger partial charge in [0.1, 0.15) is 34.5 Å². The van der Waals surface area contributed by atoms with Crippen LogP contribution >= 0.6 is 0 Å². The van der Waals surface area contributed by atoms with Gasteiger partial charge in [-0.1, -0.05) is 20.8 Å². The molecule has 0 spiro atoms. The molecule has 0 bridgehead atoms. The normalized spacial score (nSPS) is 17.2. The number of piperidine rings is 1. The molecule has 0 saturated carbocycles. The van der Waals surface area contributed by atoms with Crippen molar-refractivity contribution in [2.24, 2.45) is 0 Å². The summed E-state index contributed by atoms with van der Waals surface area (Å²) in [6, 6.07) is 3.40. The van der Waals surface area contributed by atoms with E-state index >= 15 is 4.39 Å². The number of aliphatic hydroxyl groups excluding tert-OH is 1. The van der Waals surface area contributed by atoms with Crippen LogP contribution in [0.3, 0.4) is 0 Å². The molecule has 1 fully saturated rings. The molecule has 2 N–H and O–H groups in total. The maximum absolute atomic E-state index is 15.5. The molecule has 3 aromatic heterocycles. The van der Waals surface area contributed by atoms with Crippen molar-refractivity contribution >= 4 is 28.9 Å². The first-order valence-electron chi connectivity index (χ1n) is 18.1. The number of ether oxygens (including phenoxy) is 3.